The first-order valence-corrected chi connectivity index (χ1v) is 17.2. The van der Waals surface area contributed by atoms with Gasteiger partial charge in [0.05, 0.1) is 24.8 Å². The number of pyridine rings is 1. The highest BCUT2D eigenvalue weighted by atomic mass is 16.5. The van der Waals surface area contributed by atoms with Gasteiger partial charge >= 0.3 is 6.09 Å². The monoisotopic (exact) mass is 728 g/mol. The molecule has 0 aliphatic carbocycles. The summed E-state index contributed by atoms with van der Waals surface area (Å²) >= 11 is 0. The molecule has 54 heavy (non-hydrogen) atoms. The van der Waals surface area contributed by atoms with Crippen molar-refractivity contribution in [3.8, 4) is 17.2 Å². The Labute approximate surface area is 311 Å². The van der Waals surface area contributed by atoms with E-state index in [0.717, 1.165) is 27.8 Å². The topological polar surface area (TPSA) is 182 Å². The lowest BCUT2D eigenvalue weighted by Crippen LogP contribution is -2.27. The molecule has 0 saturated carbocycles. The molecule has 2 atom stereocenters. The number of phenols is 1. The second-order valence-electron chi connectivity index (χ2n) is 12.6. The molecule has 7 N–H and O–H groups in total. The number of phenolic OH excluding ortho intramolecular Hbond substituents is 1. The molecule has 0 fully saturated rings. The molecule has 12 nitrogen and oxygen atoms in total. The Morgan fingerprint density at radius 2 is 1.57 bits per heavy atom. The van der Waals surface area contributed by atoms with Crippen molar-refractivity contribution in [2.75, 3.05) is 13.7 Å². The summed E-state index contributed by atoms with van der Waals surface area (Å²) in [6, 6.07) is 34.8. The molecule has 0 saturated heterocycles. The zero-order valence-electron chi connectivity index (χ0n) is 29.4. The van der Waals surface area contributed by atoms with Crippen molar-refractivity contribution >= 4 is 22.9 Å². The number of aliphatic hydroxyl groups excluding tert-OH is 1. The van der Waals surface area contributed by atoms with Crippen LogP contribution in [-0.2, 0) is 19.7 Å². The number of H-pyrrole nitrogens is 1. The number of hydrogen-bond donors (Lipinski definition) is 7. The molecule has 0 aliphatic heterocycles. The lowest BCUT2D eigenvalue weighted by molar-refractivity contribution is 0.0950. The number of rotatable bonds is 15. The number of aromatic nitrogens is 1. The number of benzene rings is 5. The maximum atomic E-state index is 13.0. The van der Waals surface area contributed by atoms with Crippen LogP contribution < -0.4 is 31.0 Å². The van der Waals surface area contributed by atoms with E-state index in [-0.39, 0.29) is 42.4 Å². The van der Waals surface area contributed by atoms with E-state index in [9.17, 15) is 29.7 Å². The Hall–Kier alpha value is -6.63. The average molecular weight is 729 g/mol. The van der Waals surface area contributed by atoms with E-state index in [2.05, 4.69) is 20.9 Å². The standard InChI is InChI=1S/C42H40N4O8/c1-53-37-20-27(12-15-31(37)23-43-24-36(48)33-16-18-35(47)40-34(33)17-19-38(49)45-40)22-44-41(50)29-13-10-26(11-14-29)25-54-32-9-5-8-30(21-32)39(46-42(51)52)28-6-3-2-4-7-28/h2-21,36,39,43,46-48H,22-25H2,1H3,(H,44,50)(H,45,49)(H,51,52)/t36-,39-/m0/s1. The van der Waals surface area contributed by atoms with Gasteiger partial charge < -0.3 is 45.7 Å². The van der Waals surface area contributed by atoms with Crippen LogP contribution in [0.3, 0.4) is 0 Å². The van der Waals surface area contributed by atoms with Crippen molar-refractivity contribution in [2.45, 2.75) is 31.8 Å². The second kappa shape index (κ2) is 17.3. The van der Waals surface area contributed by atoms with Crippen LogP contribution in [0.2, 0.25) is 0 Å². The third-order valence-corrected chi connectivity index (χ3v) is 8.94. The summed E-state index contributed by atoms with van der Waals surface area (Å²) in [5, 5.41) is 39.7. The third-order valence-electron chi connectivity index (χ3n) is 8.94. The van der Waals surface area contributed by atoms with Crippen LogP contribution >= 0.6 is 0 Å². The van der Waals surface area contributed by atoms with E-state index in [1.54, 1.807) is 31.4 Å². The summed E-state index contributed by atoms with van der Waals surface area (Å²) in [6.07, 6.45) is -2.03. The Balaban J connectivity index is 0.997. The number of ether oxygens (including phenoxy) is 2. The predicted molar refractivity (Wildman–Crippen MR) is 204 cm³/mol. The van der Waals surface area contributed by atoms with Crippen LogP contribution in [0.25, 0.3) is 10.9 Å². The van der Waals surface area contributed by atoms with Gasteiger partial charge in [-0.05, 0) is 70.3 Å². The number of carbonyl (C=O) groups is 2. The molecule has 276 valence electrons. The maximum absolute atomic E-state index is 13.0. The summed E-state index contributed by atoms with van der Waals surface area (Å²) < 4.78 is 11.6. The lowest BCUT2D eigenvalue weighted by atomic mass is 9.98. The van der Waals surface area contributed by atoms with Gasteiger partial charge in [-0.1, -0.05) is 72.8 Å². The minimum Gasteiger partial charge on any atom is -0.506 e. The number of hydrogen-bond acceptors (Lipinski definition) is 8. The fraction of sp³-hybridized carbons (Fsp3) is 0.167. The Morgan fingerprint density at radius 3 is 2.33 bits per heavy atom. The van der Waals surface area contributed by atoms with Crippen molar-refractivity contribution in [3.63, 3.8) is 0 Å². The highest BCUT2D eigenvalue weighted by molar-refractivity contribution is 5.94. The number of aliphatic hydroxyl groups is 1. The van der Waals surface area contributed by atoms with Crippen LogP contribution in [-0.4, -0.2) is 46.0 Å². The second-order valence-corrected chi connectivity index (χ2v) is 12.6. The largest absolute Gasteiger partial charge is 0.506 e. The Kier molecular flexibility index (Phi) is 11.9. The molecule has 5 aromatic carbocycles. The van der Waals surface area contributed by atoms with Gasteiger partial charge in [0.2, 0.25) is 5.56 Å². The van der Waals surface area contributed by atoms with Gasteiger partial charge in [0.1, 0.15) is 23.9 Å². The van der Waals surface area contributed by atoms with Gasteiger partial charge in [-0.3, -0.25) is 9.59 Å². The summed E-state index contributed by atoms with van der Waals surface area (Å²) in [5.41, 5.74) is 5.10. The fourth-order valence-electron chi connectivity index (χ4n) is 6.16. The molecule has 0 bridgehead atoms. The van der Waals surface area contributed by atoms with E-state index < -0.39 is 18.2 Å². The van der Waals surface area contributed by atoms with E-state index in [4.69, 9.17) is 9.47 Å². The molecular weight excluding hydrogens is 688 g/mol. The van der Waals surface area contributed by atoms with E-state index >= 15 is 0 Å². The Bertz CT molecular complexity index is 2290. The molecule has 1 aromatic heterocycles. The minimum atomic E-state index is -1.13. The van der Waals surface area contributed by atoms with Gasteiger partial charge in [0.15, 0.2) is 0 Å². The lowest BCUT2D eigenvalue weighted by Gasteiger charge is -2.19. The van der Waals surface area contributed by atoms with E-state index in [1.807, 2.05) is 84.9 Å². The summed E-state index contributed by atoms with van der Waals surface area (Å²) in [4.78, 5) is 38.8. The zero-order valence-corrected chi connectivity index (χ0v) is 29.4. The van der Waals surface area contributed by atoms with Crippen molar-refractivity contribution in [1.82, 2.24) is 20.9 Å². The normalized spacial score (nSPS) is 12.1. The first-order valence-electron chi connectivity index (χ1n) is 17.2. The highest BCUT2D eigenvalue weighted by Crippen LogP contribution is 2.29. The minimum absolute atomic E-state index is 0.0700. The number of nitrogens with one attached hydrogen (secondary N) is 4. The quantitative estimate of drug-likeness (QED) is 0.0674. The highest BCUT2D eigenvalue weighted by Gasteiger charge is 2.18. The predicted octanol–water partition coefficient (Wildman–Crippen LogP) is 5.93. The molecule has 1 heterocycles. The van der Waals surface area contributed by atoms with Crippen LogP contribution in [0.5, 0.6) is 17.2 Å². The number of fused-ring (bicyclic) bond motifs is 1. The van der Waals surface area contributed by atoms with E-state index in [0.29, 0.717) is 34.6 Å². The summed E-state index contributed by atoms with van der Waals surface area (Å²) in [7, 11) is 1.57. The van der Waals surface area contributed by atoms with Gasteiger partial charge in [0.25, 0.3) is 5.91 Å². The van der Waals surface area contributed by atoms with Crippen molar-refractivity contribution in [1.29, 1.82) is 0 Å². The van der Waals surface area contributed by atoms with Gasteiger partial charge in [0, 0.05) is 42.2 Å². The number of aromatic hydroxyl groups is 1. The fourth-order valence-corrected chi connectivity index (χ4v) is 6.16. The van der Waals surface area contributed by atoms with Gasteiger partial charge in [-0.2, -0.15) is 0 Å². The Morgan fingerprint density at radius 1 is 0.815 bits per heavy atom. The van der Waals surface area contributed by atoms with Crippen molar-refractivity contribution in [3.05, 3.63) is 171 Å². The van der Waals surface area contributed by atoms with Gasteiger partial charge in [-0.15, -0.1) is 0 Å². The van der Waals surface area contributed by atoms with Crippen LogP contribution in [0, 0.1) is 0 Å². The molecular formula is C42H40N4O8. The van der Waals surface area contributed by atoms with Crippen molar-refractivity contribution in [2.24, 2.45) is 0 Å². The number of carboxylic acid groups (broad SMARTS) is 1. The number of amides is 2. The first-order chi connectivity index (χ1) is 26.2. The number of carbonyl (C=O) groups excluding carboxylic acids is 1. The van der Waals surface area contributed by atoms with Crippen LogP contribution in [0.15, 0.2) is 126 Å². The van der Waals surface area contributed by atoms with Crippen molar-refractivity contribution < 1.29 is 34.4 Å². The summed E-state index contributed by atoms with van der Waals surface area (Å²) in [5.74, 6) is 0.900. The zero-order chi connectivity index (χ0) is 38.0. The molecule has 0 spiro atoms. The molecule has 12 heteroatoms. The molecule has 6 aromatic rings. The first kappa shape index (κ1) is 37.1. The van der Waals surface area contributed by atoms with Gasteiger partial charge in [-0.25, -0.2) is 4.79 Å². The molecule has 6 rings (SSSR count). The number of aromatic amines is 1. The average Bonchev–Trinajstić information content (AvgIpc) is 3.19. The van der Waals surface area contributed by atoms with Crippen LogP contribution in [0.1, 0.15) is 55.9 Å². The smallest absolute Gasteiger partial charge is 0.405 e. The summed E-state index contributed by atoms with van der Waals surface area (Å²) in [6.45, 7) is 1.14. The molecule has 2 amide bonds. The van der Waals surface area contributed by atoms with E-state index in [1.165, 1.54) is 12.1 Å². The van der Waals surface area contributed by atoms with Crippen LogP contribution in [0.4, 0.5) is 4.79 Å². The SMILES string of the molecule is COc1cc(CNC(=O)c2ccc(COc3cccc([C@@H](NC(=O)O)c4ccccc4)c3)cc2)ccc1CNC[C@H](O)c1ccc(O)c2[nH]c(=O)ccc12. The molecule has 0 radical (unpaired) electrons. The third kappa shape index (κ3) is 9.23. The molecule has 0 unspecified atom stereocenters. The molecule has 0 aliphatic rings. The maximum Gasteiger partial charge on any atom is 0.405 e. The number of methoxy groups -OCH3 is 1.